The van der Waals surface area contributed by atoms with Gasteiger partial charge in [-0.15, -0.1) is 22.9 Å². The molecule has 0 radical (unpaired) electrons. The normalized spacial score (nSPS) is 14.1. The molecule has 0 saturated carbocycles. The molecular weight excluding hydrogens is 297 g/mol. The molecule has 0 aliphatic heterocycles. The first kappa shape index (κ1) is 16.7. The summed E-state index contributed by atoms with van der Waals surface area (Å²) >= 11 is 7.07. The van der Waals surface area contributed by atoms with Crippen LogP contribution in [-0.2, 0) is 5.88 Å². The third kappa shape index (κ3) is 5.28. The van der Waals surface area contributed by atoms with E-state index in [4.69, 9.17) is 11.6 Å². The van der Waals surface area contributed by atoms with Gasteiger partial charge in [-0.25, -0.2) is 4.98 Å². The zero-order valence-corrected chi connectivity index (χ0v) is 12.6. The molecule has 19 heavy (non-hydrogen) atoms. The minimum atomic E-state index is -4.19. The largest absolute Gasteiger partial charge is 0.401 e. The van der Waals surface area contributed by atoms with Crippen molar-refractivity contribution in [3.05, 3.63) is 16.1 Å². The molecule has 7 heteroatoms. The van der Waals surface area contributed by atoms with E-state index in [9.17, 15) is 13.2 Å². The van der Waals surface area contributed by atoms with Gasteiger partial charge in [0.25, 0.3) is 0 Å². The van der Waals surface area contributed by atoms with Crippen molar-refractivity contribution in [1.29, 1.82) is 0 Å². The van der Waals surface area contributed by atoms with Crippen molar-refractivity contribution >= 4 is 22.9 Å². The first-order valence-electron chi connectivity index (χ1n) is 6.22. The summed E-state index contributed by atoms with van der Waals surface area (Å²) in [7, 11) is 0. The van der Waals surface area contributed by atoms with Crippen LogP contribution in [0.4, 0.5) is 13.2 Å². The Hall–Kier alpha value is -0.330. The van der Waals surface area contributed by atoms with Gasteiger partial charge in [-0.3, -0.25) is 4.90 Å². The highest BCUT2D eigenvalue weighted by Gasteiger charge is 2.34. The summed E-state index contributed by atoms with van der Waals surface area (Å²) in [5.74, 6) is 0.292. The van der Waals surface area contributed by atoms with E-state index in [1.165, 1.54) is 16.2 Å². The van der Waals surface area contributed by atoms with E-state index >= 15 is 0 Å². The molecule has 0 bridgehead atoms. The van der Waals surface area contributed by atoms with Crippen LogP contribution in [0.25, 0.3) is 0 Å². The number of rotatable bonds is 7. The third-order valence-electron chi connectivity index (χ3n) is 2.71. The van der Waals surface area contributed by atoms with Crippen LogP contribution in [-0.4, -0.2) is 29.1 Å². The van der Waals surface area contributed by atoms with E-state index in [0.29, 0.717) is 25.3 Å². The summed E-state index contributed by atoms with van der Waals surface area (Å²) in [4.78, 5) is 5.77. The van der Waals surface area contributed by atoms with E-state index in [-0.39, 0.29) is 6.04 Å². The summed E-state index contributed by atoms with van der Waals surface area (Å²) in [6.45, 7) is 3.27. The second-order valence-corrected chi connectivity index (χ2v) is 5.48. The predicted molar refractivity (Wildman–Crippen MR) is 72.6 cm³/mol. The van der Waals surface area contributed by atoms with Gasteiger partial charge in [0.2, 0.25) is 0 Å². The van der Waals surface area contributed by atoms with Gasteiger partial charge < -0.3 is 0 Å². The first-order valence-corrected chi connectivity index (χ1v) is 7.63. The Labute approximate surface area is 120 Å². The maximum atomic E-state index is 12.6. The van der Waals surface area contributed by atoms with E-state index in [0.717, 1.165) is 10.7 Å². The number of aromatic nitrogens is 1. The number of hydrogen-bond donors (Lipinski definition) is 0. The van der Waals surface area contributed by atoms with Crippen molar-refractivity contribution in [2.45, 2.75) is 44.8 Å². The van der Waals surface area contributed by atoms with Gasteiger partial charge in [0.1, 0.15) is 5.01 Å². The summed E-state index contributed by atoms with van der Waals surface area (Å²) < 4.78 is 37.9. The number of thiazole rings is 1. The van der Waals surface area contributed by atoms with Gasteiger partial charge in [0, 0.05) is 5.38 Å². The summed E-state index contributed by atoms with van der Waals surface area (Å²) in [5.41, 5.74) is 0.726. The molecule has 1 atom stereocenters. The number of nitrogens with zero attached hydrogens (tertiary/aromatic N) is 2. The molecule has 2 nitrogen and oxygen atoms in total. The lowest BCUT2D eigenvalue weighted by molar-refractivity contribution is -0.151. The second kappa shape index (κ2) is 7.45. The Bertz CT molecular complexity index is 381. The monoisotopic (exact) mass is 314 g/mol. The quantitative estimate of drug-likeness (QED) is 0.683. The molecule has 0 aliphatic carbocycles. The van der Waals surface area contributed by atoms with Gasteiger partial charge >= 0.3 is 6.18 Å². The minimum absolute atomic E-state index is 0.288. The molecule has 1 aromatic rings. The Morgan fingerprint density at radius 1 is 1.42 bits per heavy atom. The molecule has 0 saturated heterocycles. The third-order valence-corrected chi connectivity index (χ3v) is 3.98. The zero-order valence-electron chi connectivity index (χ0n) is 11.0. The smallest absolute Gasteiger partial charge is 0.286 e. The van der Waals surface area contributed by atoms with Gasteiger partial charge in [0.05, 0.1) is 24.2 Å². The SMILES string of the molecule is CCCN(CC(F)(F)F)C(CC)c1nc(CCl)cs1. The highest BCUT2D eigenvalue weighted by molar-refractivity contribution is 7.09. The molecule has 1 unspecified atom stereocenters. The van der Waals surface area contributed by atoms with Crippen LogP contribution in [0, 0.1) is 0 Å². The van der Waals surface area contributed by atoms with Gasteiger partial charge in [-0.05, 0) is 19.4 Å². The van der Waals surface area contributed by atoms with Crippen molar-refractivity contribution in [1.82, 2.24) is 9.88 Å². The Morgan fingerprint density at radius 2 is 2.11 bits per heavy atom. The molecule has 0 spiro atoms. The van der Waals surface area contributed by atoms with Gasteiger partial charge in [0.15, 0.2) is 0 Å². The molecule has 0 aromatic carbocycles. The van der Waals surface area contributed by atoms with Crippen LogP contribution in [0.2, 0.25) is 0 Å². The van der Waals surface area contributed by atoms with Crippen LogP contribution >= 0.6 is 22.9 Å². The van der Waals surface area contributed by atoms with Crippen molar-refractivity contribution in [3.63, 3.8) is 0 Å². The second-order valence-electron chi connectivity index (χ2n) is 4.32. The van der Waals surface area contributed by atoms with Crippen LogP contribution in [0.3, 0.4) is 0 Å². The molecule has 1 aromatic heterocycles. The van der Waals surface area contributed by atoms with Gasteiger partial charge in [-0.1, -0.05) is 13.8 Å². The van der Waals surface area contributed by atoms with Crippen LogP contribution in [0.15, 0.2) is 5.38 Å². The lowest BCUT2D eigenvalue weighted by Crippen LogP contribution is -2.37. The fraction of sp³-hybridized carbons (Fsp3) is 0.750. The highest BCUT2D eigenvalue weighted by Crippen LogP contribution is 2.30. The van der Waals surface area contributed by atoms with Gasteiger partial charge in [-0.2, -0.15) is 13.2 Å². The maximum absolute atomic E-state index is 12.6. The number of hydrogen-bond acceptors (Lipinski definition) is 3. The fourth-order valence-electron chi connectivity index (χ4n) is 1.99. The van der Waals surface area contributed by atoms with Crippen LogP contribution < -0.4 is 0 Å². The first-order chi connectivity index (χ1) is 8.91. The Kier molecular flexibility index (Phi) is 6.56. The highest BCUT2D eigenvalue weighted by atomic mass is 35.5. The van der Waals surface area contributed by atoms with E-state index in [1.807, 2.05) is 19.2 Å². The molecule has 0 N–H and O–H groups in total. The number of halogens is 4. The Morgan fingerprint density at radius 3 is 2.53 bits per heavy atom. The predicted octanol–water partition coefficient (Wildman–Crippen LogP) is 4.61. The molecule has 1 heterocycles. The molecule has 110 valence electrons. The maximum Gasteiger partial charge on any atom is 0.401 e. The summed E-state index contributed by atoms with van der Waals surface area (Å²) in [6.07, 6.45) is -2.90. The molecule has 1 rings (SSSR count). The summed E-state index contributed by atoms with van der Waals surface area (Å²) in [5, 5.41) is 2.53. The van der Waals surface area contributed by atoms with Crippen molar-refractivity contribution in [3.8, 4) is 0 Å². The van der Waals surface area contributed by atoms with Crippen LogP contribution in [0.1, 0.15) is 43.4 Å². The lowest BCUT2D eigenvalue weighted by atomic mass is 10.2. The van der Waals surface area contributed by atoms with Crippen molar-refractivity contribution in [2.75, 3.05) is 13.1 Å². The average Bonchev–Trinajstić information content (AvgIpc) is 2.77. The molecular formula is C12H18ClF3N2S. The van der Waals surface area contributed by atoms with Crippen LogP contribution in [0.5, 0.6) is 0 Å². The fourth-order valence-corrected chi connectivity index (χ4v) is 3.25. The molecule has 0 fully saturated rings. The standard InChI is InChI=1S/C12H18ClF3N2S/c1-3-5-18(8-12(14,15)16)10(4-2)11-17-9(6-13)7-19-11/h7,10H,3-6,8H2,1-2H3. The van der Waals surface area contributed by atoms with Crippen molar-refractivity contribution < 1.29 is 13.2 Å². The lowest BCUT2D eigenvalue weighted by Gasteiger charge is -2.30. The number of alkyl halides is 4. The Balaban J connectivity index is 2.89. The van der Waals surface area contributed by atoms with E-state index < -0.39 is 12.7 Å². The minimum Gasteiger partial charge on any atom is -0.286 e. The molecule has 0 aliphatic rings. The van der Waals surface area contributed by atoms with Crippen molar-refractivity contribution in [2.24, 2.45) is 0 Å². The van der Waals surface area contributed by atoms with E-state index in [2.05, 4.69) is 4.98 Å². The summed E-state index contributed by atoms with van der Waals surface area (Å²) in [6, 6.07) is -0.288. The zero-order chi connectivity index (χ0) is 14.5. The topological polar surface area (TPSA) is 16.1 Å². The van der Waals surface area contributed by atoms with E-state index in [1.54, 1.807) is 0 Å². The average molecular weight is 315 g/mol. The molecule has 0 amide bonds.